The van der Waals surface area contributed by atoms with Gasteiger partial charge in [0.25, 0.3) is 0 Å². The number of nitrogens with zero attached hydrogens (tertiary/aromatic N) is 5. The van der Waals surface area contributed by atoms with Gasteiger partial charge in [0.1, 0.15) is 11.4 Å². The molecule has 54 heavy (non-hydrogen) atoms. The third-order valence-corrected chi connectivity index (χ3v) is 10.0. The minimum atomic E-state index is -0.648. The molecule has 0 saturated heterocycles. The lowest BCUT2D eigenvalue weighted by atomic mass is 9.81. The van der Waals surface area contributed by atoms with Crippen LogP contribution in [0.5, 0.6) is 5.75 Å². The van der Waals surface area contributed by atoms with E-state index >= 15 is 0 Å². The number of aromatic nitrogens is 3. The highest BCUT2D eigenvalue weighted by molar-refractivity contribution is 5.98. The lowest BCUT2D eigenvalue weighted by Gasteiger charge is -2.36. The van der Waals surface area contributed by atoms with Crippen molar-refractivity contribution in [2.75, 3.05) is 0 Å². The van der Waals surface area contributed by atoms with Crippen molar-refractivity contribution >= 4 is 16.5 Å². The summed E-state index contributed by atoms with van der Waals surface area (Å²) >= 11 is 0. The zero-order valence-corrected chi connectivity index (χ0v) is 29.6. The summed E-state index contributed by atoms with van der Waals surface area (Å²) in [5.41, 5.74) is 9.93. The molecule has 0 saturated carbocycles. The van der Waals surface area contributed by atoms with Crippen LogP contribution in [0.4, 0.5) is 5.69 Å². The second-order valence-corrected chi connectivity index (χ2v) is 13.8. The Morgan fingerprint density at radius 2 is 1.24 bits per heavy atom. The van der Waals surface area contributed by atoms with Crippen LogP contribution in [-0.4, -0.2) is 15.0 Å². The predicted octanol–water partition coefficient (Wildman–Crippen LogP) is 12.1. The van der Waals surface area contributed by atoms with Crippen molar-refractivity contribution in [2.45, 2.75) is 19.4 Å². The van der Waals surface area contributed by atoms with Gasteiger partial charge in [-0.05, 0) is 76.7 Å². The van der Waals surface area contributed by atoms with Crippen molar-refractivity contribution < 1.29 is 4.74 Å². The Morgan fingerprint density at radius 3 is 2.04 bits per heavy atom. The Balaban J connectivity index is 1.30. The van der Waals surface area contributed by atoms with E-state index in [1.54, 1.807) is 0 Å². The normalized spacial score (nSPS) is 12.5. The first-order valence-corrected chi connectivity index (χ1v) is 17.7. The van der Waals surface area contributed by atoms with E-state index in [-0.39, 0.29) is 0 Å². The number of hydrogen-bond acceptors (Lipinski definition) is 5. The minimum absolute atomic E-state index is 0.546. The Bertz CT molecular complexity index is 2840. The predicted molar refractivity (Wildman–Crippen MR) is 215 cm³/mol. The first-order chi connectivity index (χ1) is 26.4. The molecule has 0 radical (unpaired) electrons. The summed E-state index contributed by atoms with van der Waals surface area (Å²) in [5.74, 6) is 2.48. The SMILES string of the molecule is [C-]#[N+]c1ccc(-c2ccc(-c3nc(-c4ccccc4)nc(-c4cccc5ccccc45)n3)cc2-c2cccc3c2-c2ccc(C#N)cc2C(C)(C)O3)cc1. The summed E-state index contributed by atoms with van der Waals surface area (Å²) in [6, 6.07) is 52.7. The van der Waals surface area contributed by atoms with Gasteiger partial charge in [0.05, 0.1) is 18.2 Å². The molecule has 0 aliphatic carbocycles. The van der Waals surface area contributed by atoms with Gasteiger partial charge in [-0.15, -0.1) is 0 Å². The molecule has 0 fully saturated rings. The van der Waals surface area contributed by atoms with Gasteiger partial charge in [-0.25, -0.2) is 19.8 Å². The Labute approximate surface area is 313 Å². The van der Waals surface area contributed by atoms with Gasteiger partial charge in [0.15, 0.2) is 23.2 Å². The zero-order valence-electron chi connectivity index (χ0n) is 29.6. The Morgan fingerprint density at radius 1 is 0.574 bits per heavy atom. The summed E-state index contributed by atoms with van der Waals surface area (Å²) in [5, 5.41) is 12.0. The van der Waals surface area contributed by atoms with E-state index in [1.165, 1.54) is 0 Å². The molecule has 0 atom stereocenters. The van der Waals surface area contributed by atoms with E-state index in [0.29, 0.717) is 28.7 Å². The van der Waals surface area contributed by atoms with E-state index in [2.05, 4.69) is 59.4 Å². The van der Waals surface area contributed by atoms with Crippen LogP contribution in [0, 0.1) is 17.9 Å². The Kier molecular flexibility index (Phi) is 7.81. The number of nitriles is 1. The molecule has 0 amide bonds. The van der Waals surface area contributed by atoms with Crippen LogP contribution in [0.3, 0.4) is 0 Å². The molecule has 6 heteroatoms. The van der Waals surface area contributed by atoms with Gasteiger partial charge >= 0.3 is 0 Å². The van der Waals surface area contributed by atoms with Crippen LogP contribution < -0.4 is 4.74 Å². The molecule has 0 bridgehead atoms. The van der Waals surface area contributed by atoms with Crippen molar-refractivity contribution in [1.29, 1.82) is 5.26 Å². The fourth-order valence-corrected chi connectivity index (χ4v) is 7.41. The molecule has 1 aliphatic rings. The van der Waals surface area contributed by atoms with Crippen molar-refractivity contribution in [2.24, 2.45) is 0 Å². The van der Waals surface area contributed by atoms with Gasteiger partial charge in [0, 0.05) is 27.8 Å². The molecule has 1 aliphatic heterocycles. The zero-order chi connectivity index (χ0) is 36.8. The van der Waals surface area contributed by atoms with Gasteiger partial charge < -0.3 is 4.74 Å². The minimum Gasteiger partial charge on any atom is -0.482 e. The Hall–Kier alpha value is -7.41. The summed E-state index contributed by atoms with van der Waals surface area (Å²) in [7, 11) is 0. The maximum absolute atomic E-state index is 9.79. The van der Waals surface area contributed by atoms with E-state index in [0.717, 1.165) is 72.2 Å². The molecule has 6 nitrogen and oxygen atoms in total. The second-order valence-electron chi connectivity index (χ2n) is 13.8. The molecule has 8 aromatic rings. The summed E-state index contributed by atoms with van der Waals surface area (Å²) in [6.07, 6.45) is 0. The number of fused-ring (bicyclic) bond motifs is 4. The summed E-state index contributed by atoms with van der Waals surface area (Å²) < 4.78 is 6.69. The summed E-state index contributed by atoms with van der Waals surface area (Å²) in [6.45, 7) is 11.6. The van der Waals surface area contributed by atoms with Crippen LogP contribution in [0.2, 0.25) is 0 Å². The molecule has 9 rings (SSSR count). The van der Waals surface area contributed by atoms with E-state index < -0.39 is 5.60 Å². The van der Waals surface area contributed by atoms with Crippen molar-refractivity contribution in [1.82, 2.24) is 15.0 Å². The second kappa shape index (κ2) is 13.0. The molecule has 1 aromatic heterocycles. The maximum Gasteiger partial charge on any atom is 0.187 e. The van der Waals surface area contributed by atoms with Crippen LogP contribution >= 0.6 is 0 Å². The van der Waals surface area contributed by atoms with Gasteiger partial charge in [-0.3, -0.25) is 0 Å². The average molecular weight is 694 g/mol. The fourth-order valence-electron chi connectivity index (χ4n) is 7.41. The third-order valence-electron chi connectivity index (χ3n) is 10.0. The van der Waals surface area contributed by atoms with E-state index in [1.807, 2.05) is 117 Å². The van der Waals surface area contributed by atoms with Gasteiger partial charge in [0.2, 0.25) is 0 Å². The van der Waals surface area contributed by atoms with Crippen molar-refractivity contribution in [3.63, 3.8) is 0 Å². The van der Waals surface area contributed by atoms with Crippen molar-refractivity contribution in [3.8, 4) is 79.4 Å². The van der Waals surface area contributed by atoms with Crippen LogP contribution in [0.25, 0.3) is 83.2 Å². The largest absolute Gasteiger partial charge is 0.482 e. The molecule has 0 unspecified atom stereocenters. The number of hydrogen-bond donors (Lipinski definition) is 0. The van der Waals surface area contributed by atoms with E-state index in [4.69, 9.17) is 26.3 Å². The lowest BCUT2D eigenvalue weighted by Crippen LogP contribution is -2.29. The first kappa shape index (κ1) is 32.5. The smallest absolute Gasteiger partial charge is 0.187 e. The molecular weight excluding hydrogens is 663 g/mol. The number of benzene rings is 7. The molecule has 0 N–H and O–H groups in total. The topological polar surface area (TPSA) is 76.0 Å². The van der Waals surface area contributed by atoms with Crippen LogP contribution in [0.15, 0.2) is 152 Å². The number of rotatable bonds is 5. The molecule has 254 valence electrons. The molecular formula is C48H31N5O. The van der Waals surface area contributed by atoms with Gasteiger partial charge in [-0.2, -0.15) is 5.26 Å². The number of ether oxygens (including phenoxy) is 1. The standard InChI is InChI=1S/C48H31N5O/c1-48(2)42-27-30(29-49)19-25-40(42)44-38(16-10-18-43(44)54-48)41-28-34(22-26-37(41)32-20-23-35(50-3)24-21-32)46-51-45(33-12-5-4-6-13-33)52-47(53-46)39-17-9-14-31-11-7-8-15-36(31)39/h4-28H,1-2H3. The first-order valence-electron chi connectivity index (χ1n) is 17.7. The van der Waals surface area contributed by atoms with Crippen molar-refractivity contribution in [3.05, 3.63) is 174 Å². The van der Waals surface area contributed by atoms with Crippen LogP contribution in [-0.2, 0) is 5.60 Å². The molecule has 2 heterocycles. The van der Waals surface area contributed by atoms with Crippen LogP contribution in [0.1, 0.15) is 25.0 Å². The molecule has 0 spiro atoms. The summed E-state index contributed by atoms with van der Waals surface area (Å²) in [4.78, 5) is 18.9. The third kappa shape index (κ3) is 5.64. The average Bonchev–Trinajstić information content (AvgIpc) is 3.23. The van der Waals surface area contributed by atoms with E-state index in [9.17, 15) is 5.26 Å². The molecule has 7 aromatic carbocycles. The highest BCUT2D eigenvalue weighted by Crippen LogP contribution is 2.51. The monoisotopic (exact) mass is 693 g/mol. The quantitative estimate of drug-likeness (QED) is 0.168. The fraction of sp³-hybridized carbons (Fsp3) is 0.0625. The lowest BCUT2D eigenvalue weighted by molar-refractivity contribution is 0.106. The van der Waals surface area contributed by atoms with Gasteiger partial charge in [-0.1, -0.05) is 127 Å². The maximum atomic E-state index is 9.79. The highest BCUT2D eigenvalue weighted by atomic mass is 16.5. The highest BCUT2D eigenvalue weighted by Gasteiger charge is 2.34.